The molecule has 0 N–H and O–H groups in total. The highest BCUT2D eigenvalue weighted by Crippen LogP contribution is 2.19. The number of esters is 1. The lowest BCUT2D eigenvalue weighted by molar-refractivity contribution is 0.0526. The monoisotopic (exact) mass is 332 g/mol. The van der Waals surface area contributed by atoms with E-state index < -0.39 is 11.3 Å². The standard InChI is InChI=1S/C13H14BrClO3/c1-3-18-13(17)9-4-5-11(10(6-9)7-14)12(16)8(2)15/h4-6,8H,3,7H2,1-2H3. The summed E-state index contributed by atoms with van der Waals surface area (Å²) in [4.78, 5) is 23.4. The number of ketones is 1. The Balaban J connectivity index is 3.11. The number of benzene rings is 1. The van der Waals surface area contributed by atoms with Crippen molar-refractivity contribution in [1.29, 1.82) is 0 Å². The van der Waals surface area contributed by atoms with Crippen LogP contribution < -0.4 is 0 Å². The molecule has 1 rings (SSSR count). The zero-order valence-electron chi connectivity index (χ0n) is 10.2. The number of alkyl halides is 2. The summed E-state index contributed by atoms with van der Waals surface area (Å²) in [5.74, 6) is -0.542. The Bertz CT molecular complexity index is 458. The van der Waals surface area contributed by atoms with Gasteiger partial charge in [0.2, 0.25) is 0 Å². The fourth-order valence-corrected chi connectivity index (χ4v) is 2.08. The van der Waals surface area contributed by atoms with Gasteiger partial charge in [-0.3, -0.25) is 4.79 Å². The Hall–Kier alpha value is -0.870. The van der Waals surface area contributed by atoms with Crippen molar-refractivity contribution < 1.29 is 14.3 Å². The van der Waals surface area contributed by atoms with E-state index in [4.69, 9.17) is 16.3 Å². The van der Waals surface area contributed by atoms with Gasteiger partial charge in [-0.05, 0) is 31.5 Å². The van der Waals surface area contributed by atoms with Crippen molar-refractivity contribution in [3.05, 3.63) is 34.9 Å². The van der Waals surface area contributed by atoms with E-state index in [2.05, 4.69) is 15.9 Å². The number of hydrogen-bond donors (Lipinski definition) is 0. The third-order valence-corrected chi connectivity index (χ3v) is 3.19. The molecule has 1 atom stereocenters. The Kier molecular flexibility index (Phi) is 5.82. The highest BCUT2D eigenvalue weighted by Gasteiger charge is 2.17. The second kappa shape index (κ2) is 6.90. The SMILES string of the molecule is CCOC(=O)c1ccc(C(=O)C(C)Cl)c(CBr)c1. The van der Waals surface area contributed by atoms with E-state index in [0.29, 0.717) is 23.1 Å². The minimum absolute atomic E-state index is 0.151. The number of rotatable bonds is 5. The van der Waals surface area contributed by atoms with Crippen LogP contribution in [0.15, 0.2) is 18.2 Å². The van der Waals surface area contributed by atoms with Gasteiger partial charge in [-0.25, -0.2) is 4.79 Å². The molecule has 18 heavy (non-hydrogen) atoms. The molecule has 0 bridgehead atoms. The Morgan fingerprint density at radius 3 is 2.61 bits per heavy atom. The Morgan fingerprint density at radius 2 is 2.11 bits per heavy atom. The second-order valence-corrected chi connectivity index (χ2v) is 4.92. The molecule has 98 valence electrons. The first-order valence-electron chi connectivity index (χ1n) is 5.55. The molecule has 1 aromatic carbocycles. The predicted molar refractivity (Wildman–Crippen MR) is 74.7 cm³/mol. The summed E-state index contributed by atoms with van der Waals surface area (Å²) in [6.07, 6.45) is 0. The van der Waals surface area contributed by atoms with Crippen LogP contribution >= 0.6 is 27.5 Å². The summed E-state index contributed by atoms with van der Waals surface area (Å²) in [5, 5.41) is -0.110. The summed E-state index contributed by atoms with van der Waals surface area (Å²) in [6.45, 7) is 3.69. The van der Waals surface area contributed by atoms with Crippen molar-refractivity contribution in [3.63, 3.8) is 0 Å². The lowest BCUT2D eigenvalue weighted by atomic mass is 10.0. The molecule has 0 amide bonds. The number of carbonyl (C=O) groups excluding carboxylic acids is 2. The van der Waals surface area contributed by atoms with Crippen LogP contribution in [0.3, 0.4) is 0 Å². The maximum atomic E-state index is 11.9. The lowest BCUT2D eigenvalue weighted by Gasteiger charge is -2.10. The minimum Gasteiger partial charge on any atom is -0.462 e. The first kappa shape index (κ1) is 15.2. The summed E-state index contributed by atoms with van der Waals surface area (Å²) in [6, 6.07) is 4.85. The average Bonchev–Trinajstić information content (AvgIpc) is 2.37. The molecule has 1 unspecified atom stereocenters. The van der Waals surface area contributed by atoms with Gasteiger partial charge in [0.1, 0.15) is 0 Å². The topological polar surface area (TPSA) is 43.4 Å². The van der Waals surface area contributed by atoms with Crippen LogP contribution in [-0.2, 0) is 10.1 Å². The van der Waals surface area contributed by atoms with Crippen LogP contribution in [0.25, 0.3) is 0 Å². The van der Waals surface area contributed by atoms with E-state index >= 15 is 0 Å². The van der Waals surface area contributed by atoms with E-state index in [1.165, 1.54) is 0 Å². The third kappa shape index (κ3) is 3.56. The van der Waals surface area contributed by atoms with E-state index in [1.807, 2.05) is 0 Å². The van der Waals surface area contributed by atoms with Gasteiger partial charge in [0.15, 0.2) is 5.78 Å². The maximum absolute atomic E-state index is 11.9. The summed E-state index contributed by atoms with van der Waals surface area (Å²) >= 11 is 9.09. The van der Waals surface area contributed by atoms with Gasteiger partial charge in [-0.2, -0.15) is 0 Å². The smallest absolute Gasteiger partial charge is 0.338 e. The zero-order chi connectivity index (χ0) is 13.7. The quantitative estimate of drug-likeness (QED) is 0.470. The highest BCUT2D eigenvalue weighted by molar-refractivity contribution is 9.08. The average molecular weight is 334 g/mol. The van der Waals surface area contributed by atoms with Crippen molar-refractivity contribution in [1.82, 2.24) is 0 Å². The van der Waals surface area contributed by atoms with Crippen molar-refractivity contribution in [2.45, 2.75) is 24.6 Å². The van der Waals surface area contributed by atoms with Crippen LogP contribution in [0, 0.1) is 0 Å². The van der Waals surface area contributed by atoms with Crippen LogP contribution in [0.4, 0.5) is 0 Å². The van der Waals surface area contributed by atoms with Crippen molar-refractivity contribution in [2.24, 2.45) is 0 Å². The molecule has 0 aliphatic rings. The fourth-order valence-electron chi connectivity index (χ4n) is 1.50. The number of Topliss-reactive ketones (excluding diaryl/α,β-unsaturated/α-hetero) is 1. The molecule has 3 nitrogen and oxygen atoms in total. The van der Waals surface area contributed by atoms with E-state index in [0.717, 1.165) is 5.56 Å². The van der Waals surface area contributed by atoms with Gasteiger partial charge >= 0.3 is 5.97 Å². The van der Waals surface area contributed by atoms with Gasteiger partial charge in [-0.15, -0.1) is 11.6 Å². The molecule has 5 heteroatoms. The number of carbonyl (C=O) groups is 2. The lowest BCUT2D eigenvalue weighted by Crippen LogP contribution is -2.14. The number of hydrogen-bond acceptors (Lipinski definition) is 3. The normalized spacial score (nSPS) is 12.0. The highest BCUT2D eigenvalue weighted by atomic mass is 79.9. The molecule has 0 aromatic heterocycles. The van der Waals surface area contributed by atoms with Gasteiger partial charge in [0.05, 0.1) is 17.5 Å². The number of halogens is 2. The molecule has 0 heterocycles. The largest absolute Gasteiger partial charge is 0.462 e. The Morgan fingerprint density at radius 1 is 1.44 bits per heavy atom. The molecule has 0 fully saturated rings. The van der Waals surface area contributed by atoms with Crippen molar-refractivity contribution in [2.75, 3.05) is 6.61 Å². The predicted octanol–water partition coefficient (Wildman–Crippen LogP) is 3.57. The molecule has 0 spiro atoms. The van der Waals surface area contributed by atoms with E-state index in [1.54, 1.807) is 32.0 Å². The molecular formula is C13H14BrClO3. The maximum Gasteiger partial charge on any atom is 0.338 e. The zero-order valence-corrected chi connectivity index (χ0v) is 12.5. The van der Waals surface area contributed by atoms with Crippen molar-refractivity contribution in [3.8, 4) is 0 Å². The van der Waals surface area contributed by atoms with Crippen LogP contribution in [0.5, 0.6) is 0 Å². The summed E-state index contributed by atoms with van der Waals surface area (Å²) in [7, 11) is 0. The molecule has 0 aliphatic carbocycles. The summed E-state index contributed by atoms with van der Waals surface area (Å²) in [5.41, 5.74) is 1.70. The van der Waals surface area contributed by atoms with Crippen LogP contribution in [0.1, 0.15) is 40.1 Å². The summed E-state index contributed by atoms with van der Waals surface area (Å²) < 4.78 is 4.91. The molecule has 0 saturated carbocycles. The van der Waals surface area contributed by atoms with Gasteiger partial charge in [0, 0.05) is 10.9 Å². The van der Waals surface area contributed by atoms with Crippen LogP contribution in [-0.4, -0.2) is 23.7 Å². The fraction of sp³-hybridized carbons (Fsp3) is 0.385. The van der Waals surface area contributed by atoms with Crippen molar-refractivity contribution >= 4 is 39.3 Å². The van der Waals surface area contributed by atoms with E-state index in [9.17, 15) is 9.59 Å². The molecule has 0 saturated heterocycles. The van der Waals surface area contributed by atoms with Crippen LogP contribution in [0.2, 0.25) is 0 Å². The Labute approximate surface area is 120 Å². The van der Waals surface area contributed by atoms with E-state index in [-0.39, 0.29) is 5.78 Å². The molecule has 0 radical (unpaired) electrons. The molecule has 0 aliphatic heterocycles. The molecule has 1 aromatic rings. The first-order valence-corrected chi connectivity index (χ1v) is 7.11. The van der Waals surface area contributed by atoms with Gasteiger partial charge in [-0.1, -0.05) is 22.0 Å². The van der Waals surface area contributed by atoms with Gasteiger partial charge < -0.3 is 4.74 Å². The third-order valence-electron chi connectivity index (χ3n) is 2.39. The first-order chi connectivity index (χ1) is 8.51. The van der Waals surface area contributed by atoms with Gasteiger partial charge in [0.25, 0.3) is 0 Å². The second-order valence-electron chi connectivity index (χ2n) is 3.71. The number of ether oxygens (including phenoxy) is 1. The molecular weight excluding hydrogens is 319 g/mol. The minimum atomic E-state index is -0.587.